The van der Waals surface area contributed by atoms with Gasteiger partial charge in [-0.1, -0.05) is 39.0 Å². The zero-order chi connectivity index (χ0) is 18.8. The molecule has 0 aliphatic rings. The maximum atomic E-state index is 12.9. The van der Waals surface area contributed by atoms with E-state index < -0.39 is 23.3 Å². The molecule has 0 aliphatic carbocycles. The number of halogens is 3. The minimum atomic E-state index is -4.51. The van der Waals surface area contributed by atoms with Crippen molar-refractivity contribution in [2.24, 2.45) is 5.41 Å². The molecular weight excluding hydrogens is 333 g/mol. The van der Waals surface area contributed by atoms with Gasteiger partial charge in [-0.3, -0.25) is 4.79 Å². The van der Waals surface area contributed by atoms with Gasteiger partial charge in [0.05, 0.1) is 5.56 Å². The van der Waals surface area contributed by atoms with Crippen LogP contribution in [-0.4, -0.2) is 16.0 Å². The molecule has 0 unspecified atom stereocenters. The number of nitrogens with one attached hydrogen (secondary N) is 1. The molecule has 0 bridgehead atoms. The van der Waals surface area contributed by atoms with E-state index in [2.05, 4.69) is 10.3 Å². The molecule has 1 aromatic heterocycles. The van der Waals surface area contributed by atoms with Gasteiger partial charge in [0.2, 0.25) is 5.91 Å². The number of hydrogen-bond acceptors (Lipinski definition) is 3. The quantitative estimate of drug-likeness (QED) is 0.872. The van der Waals surface area contributed by atoms with Crippen molar-refractivity contribution in [3.8, 4) is 0 Å². The average Bonchev–Trinajstić information content (AvgIpc) is 2.53. The van der Waals surface area contributed by atoms with Crippen molar-refractivity contribution in [2.45, 2.75) is 33.1 Å². The molecule has 1 heterocycles. The van der Waals surface area contributed by atoms with Gasteiger partial charge >= 0.3 is 6.18 Å². The van der Waals surface area contributed by atoms with Crippen LogP contribution in [0.5, 0.6) is 0 Å². The highest BCUT2D eigenvalue weighted by molar-refractivity contribution is 5.94. The molecular formula is C18H19F3N2O2. The topological polar surface area (TPSA) is 62.2 Å². The number of nitrogens with zero attached hydrogens (tertiary/aromatic N) is 1. The molecule has 0 saturated carbocycles. The summed E-state index contributed by atoms with van der Waals surface area (Å²) in [6, 6.07) is 7.48. The van der Waals surface area contributed by atoms with Crippen LogP contribution < -0.4 is 5.32 Å². The summed E-state index contributed by atoms with van der Waals surface area (Å²) < 4.78 is 38.6. The van der Waals surface area contributed by atoms with Gasteiger partial charge in [-0.15, -0.1) is 0 Å². The Morgan fingerprint density at radius 2 is 1.84 bits per heavy atom. The lowest BCUT2D eigenvalue weighted by molar-refractivity contribution is -0.137. The monoisotopic (exact) mass is 352 g/mol. The van der Waals surface area contributed by atoms with Crippen LogP contribution in [0.2, 0.25) is 0 Å². The molecule has 0 radical (unpaired) electrons. The van der Waals surface area contributed by atoms with E-state index >= 15 is 0 Å². The first-order valence-corrected chi connectivity index (χ1v) is 7.62. The molecule has 0 fully saturated rings. The predicted octanol–water partition coefficient (Wildman–Crippen LogP) is 4.17. The van der Waals surface area contributed by atoms with E-state index in [1.807, 2.05) is 0 Å². The summed E-state index contributed by atoms with van der Waals surface area (Å²) in [7, 11) is 0. The second-order valence-corrected chi connectivity index (χ2v) is 6.67. The van der Waals surface area contributed by atoms with Gasteiger partial charge in [-0.25, -0.2) is 4.98 Å². The van der Waals surface area contributed by atoms with Crippen molar-refractivity contribution in [2.75, 3.05) is 5.32 Å². The Labute approximate surface area is 143 Å². The summed E-state index contributed by atoms with van der Waals surface area (Å²) in [5.41, 5.74) is -1.25. The van der Waals surface area contributed by atoms with Crippen LogP contribution >= 0.6 is 0 Å². The van der Waals surface area contributed by atoms with Crippen LogP contribution in [0.3, 0.4) is 0 Å². The van der Waals surface area contributed by atoms with Gasteiger partial charge < -0.3 is 10.4 Å². The van der Waals surface area contributed by atoms with E-state index in [1.165, 1.54) is 24.4 Å². The standard InChI is InChI=1S/C18H19F3N2O2/c1-17(2,3)16(25)23-15-13(8-5-9-22-15)14(24)11-6-4-7-12(10-11)18(19,20)21/h4-10,14,24H,1-3H3,(H,22,23,25)/t14-/m0/s1. The second-order valence-electron chi connectivity index (χ2n) is 6.67. The Bertz CT molecular complexity index is 767. The lowest BCUT2D eigenvalue weighted by atomic mass is 9.95. The highest BCUT2D eigenvalue weighted by Gasteiger charge is 2.31. The first kappa shape index (κ1) is 18.9. The van der Waals surface area contributed by atoms with E-state index in [0.717, 1.165) is 12.1 Å². The molecule has 2 rings (SSSR count). The van der Waals surface area contributed by atoms with E-state index in [0.29, 0.717) is 0 Å². The molecule has 25 heavy (non-hydrogen) atoms. The molecule has 2 aromatic rings. The summed E-state index contributed by atoms with van der Waals surface area (Å²) in [4.78, 5) is 16.2. The van der Waals surface area contributed by atoms with Crippen LogP contribution in [0.15, 0.2) is 42.6 Å². The summed E-state index contributed by atoms with van der Waals surface area (Å²) in [5.74, 6) is -0.198. The normalized spacial score (nSPS) is 13.4. The van der Waals surface area contributed by atoms with Crippen molar-refractivity contribution in [3.63, 3.8) is 0 Å². The lowest BCUT2D eigenvalue weighted by Crippen LogP contribution is -2.28. The van der Waals surface area contributed by atoms with Crippen molar-refractivity contribution >= 4 is 11.7 Å². The van der Waals surface area contributed by atoms with Crippen molar-refractivity contribution in [1.29, 1.82) is 0 Å². The number of amides is 1. The van der Waals surface area contributed by atoms with Gasteiger partial charge in [-0.05, 0) is 23.8 Å². The fourth-order valence-electron chi connectivity index (χ4n) is 2.10. The third-order valence-electron chi connectivity index (χ3n) is 3.58. The van der Waals surface area contributed by atoms with Gasteiger partial charge in [0.15, 0.2) is 0 Å². The van der Waals surface area contributed by atoms with E-state index in [4.69, 9.17) is 0 Å². The van der Waals surface area contributed by atoms with Crippen LogP contribution in [-0.2, 0) is 11.0 Å². The van der Waals surface area contributed by atoms with Crippen LogP contribution in [0.1, 0.15) is 43.6 Å². The average molecular weight is 352 g/mol. The van der Waals surface area contributed by atoms with Crippen LogP contribution in [0.4, 0.5) is 19.0 Å². The van der Waals surface area contributed by atoms with Crippen molar-refractivity contribution < 1.29 is 23.1 Å². The largest absolute Gasteiger partial charge is 0.416 e. The third kappa shape index (κ3) is 4.57. The van der Waals surface area contributed by atoms with E-state index in [-0.39, 0.29) is 22.9 Å². The summed E-state index contributed by atoms with van der Waals surface area (Å²) in [5, 5.41) is 13.1. The van der Waals surface area contributed by atoms with Crippen LogP contribution in [0.25, 0.3) is 0 Å². The molecule has 0 saturated heterocycles. The minimum Gasteiger partial charge on any atom is -0.384 e. The first-order chi connectivity index (χ1) is 11.5. The number of aliphatic hydroxyl groups excluding tert-OH is 1. The maximum Gasteiger partial charge on any atom is 0.416 e. The number of pyridine rings is 1. The van der Waals surface area contributed by atoms with Gasteiger partial charge in [-0.2, -0.15) is 13.2 Å². The third-order valence-corrected chi connectivity index (χ3v) is 3.58. The first-order valence-electron chi connectivity index (χ1n) is 7.62. The number of aliphatic hydroxyl groups is 1. The number of anilines is 1. The Hall–Kier alpha value is -2.41. The van der Waals surface area contributed by atoms with Gasteiger partial charge in [0.1, 0.15) is 11.9 Å². The highest BCUT2D eigenvalue weighted by atomic mass is 19.4. The second kappa shape index (κ2) is 6.84. The summed E-state index contributed by atoms with van der Waals surface area (Å²) in [6.07, 6.45) is -4.43. The SMILES string of the molecule is CC(C)(C)C(=O)Nc1ncccc1[C@@H](O)c1cccc(C(F)(F)F)c1. The molecule has 4 nitrogen and oxygen atoms in total. The molecule has 0 spiro atoms. The molecule has 7 heteroatoms. The number of carbonyl (C=O) groups is 1. The number of hydrogen-bond donors (Lipinski definition) is 2. The molecule has 1 atom stereocenters. The van der Waals surface area contributed by atoms with Crippen molar-refractivity contribution in [1.82, 2.24) is 4.98 Å². The zero-order valence-electron chi connectivity index (χ0n) is 14.1. The lowest BCUT2D eigenvalue weighted by Gasteiger charge is -2.20. The maximum absolute atomic E-state index is 12.9. The number of aromatic nitrogens is 1. The van der Waals surface area contributed by atoms with Crippen LogP contribution in [0, 0.1) is 5.41 Å². The predicted molar refractivity (Wildman–Crippen MR) is 87.8 cm³/mol. The Kier molecular flexibility index (Phi) is 5.17. The molecule has 134 valence electrons. The smallest absolute Gasteiger partial charge is 0.384 e. The van der Waals surface area contributed by atoms with Gasteiger partial charge in [0.25, 0.3) is 0 Å². The Balaban J connectivity index is 2.38. The minimum absolute atomic E-state index is 0.0640. The summed E-state index contributed by atoms with van der Waals surface area (Å²) >= 11 is 0. The zero-order valence-corrected chi connectivity index (χ0v) is 14.1. The van der Waals surface area contributed by atoms with E-state index in [9.17, 15) is 23.1 Å². The Morgan fingerprint density at radius 1 is 1.16 bits per heavy atom. The molecule has 2 N–H and O–H groups in total. The molecule has 1 aromatic carbocycles. The number of alkyl halides is 3. The fraction of sp³-hybridized carbons (Fsp3) is 0.333. The van der Waals surface area contributed by atoms with E-state index in [1.54, 1.807) is 26.8 Å². The number of benzene rings is 1. The molecule has 1 amide bonds. The van der Waals surface area contributed by atoms with Gasteiger partial charge in [0, 0.05) is 17.2 Å². The highest BCUT2D eigenvalue weighted by Crippen LogP contribution is 2.33. The number of rotatable bonds is 3. The molecule has 0 aliphatic heterocycles. The fourth-order valence-corrected chi connectivity index (χ4v) is 2.10. The van der Waals surface area contributed by atoms with Crippen molar-refractivity contribution in [3.05, 3.63) is 59.3 Å². The number of carbonyl (C=O) groups excluding carboxylic acids is 1. The Morgan fingerprint density at radius 3 is 2.44 bits per heavy atom. The summed E-state index contributed by atoms with van der Waals surface area (Å²) in [6.45, 7) is 5.15.